The SMILES string of the molecule is Nc1nc2c(ncn2CCCCCOCP(=O)(O)O)c(=O)[nH]1. The highest BCUT2D eigenvalue weighted by Crippen LogP contribution is 2.33. The molecule has 0 amide bonds. The van der Waals surface area contributed by atoms with Crippen LogP contribution < -0.4 is 11.3 Å². The van der Waals surface area contributed by atoms with E-state index in [0.717, 1.165) is 12.8 Å². The number of imidazole rings is 1. The van der Waals surface area contributed by atoms with Gasteiger partial charge in [-0.1, -0.05) is 0 Å². The molecule has 5 N–H and O–H groups in total. The molecular formula is C11H18N5O5P. The molecule has 2 aromatic rings. The van der Waals surface area contributed by atoms with Crippen LogP contribution in [0.5, 0.6) is 0 Å². The molecule has 22 heavy (non-hydrogen) atoms. The first-order chi connectivity index (χ1) is 10.4. The number of aromatic amines is 1. The Balaban J connectivity index is 1.78. The molecule has 0 aliphatic heterocycles. The van der Waals surface area contributed by atoms with Crippen molar-refractivity contribution >= 4 is 24.7 Å². The summed E-state index contributed by atoms with van der Waals surface area (Å²) in [6.07, 6.45) is 3.27. The lowest BCUT2D eigenvalue weighted by Gasteiger charge is -2.06. The number of H-pyrrole nitrogens is 1. The average Bonchev–Trinajstić information content (AvgIpc) is 2.80. The molecular weight excluding hydrogens is 313 g/mol. The van der Waals surface area contributed by atoms with Crippen molar-refractivity contribution in [3.05, 3.63) is 16.7 Å². The highest BCUT2D eigenvalue weighted by Gasteiger charge is 2.12. The zero-order valence-electron chi connectivity index (χ0n) is 11.8. The Morgan fingerprint density at radius 2 is 2.14 bits per heavy atom. The van der Waals surface area contributed by atoms with Crippen LogP contribution in [0.1, 0.15) is 19.3 Å². The molecule has 2 heterocycles. The molecule has 0 bridgehead atoms. The minimum absolute atomic E-state index is 0.0464. The molecule has 0 fully saturated rings. The summed E-state index contributed by atoms with van der Waals surface area (Å²) in [6.45, 7) is 0.908. The number of ether oxygens (including phenoxy) is 1. The number of nitrogens with one attached hydrogen (secondary N) is 1. The van der Waals surface area contributed by atoms with E-state index in [2.05, 4.69) is 15.0 Å². The number of unbranched alkanes of at least 4 members (excludes halogenated alkanes) is 2. The van der Waals surface area contributed by atoms with E-state index in [9.17, 15) is 9.36 Å². The number of nitrogen functional groups attached to an aromatic ring is 1. The Bertz CT molecular complexity index is 736. The maximum absolute atomic E-state index is 11.6. The highest BCUT2D eigenvalue weighted by molar-refractivity contribution is 7.51. The number of anilines is 1. The quantitative estimate of drug-likeness (QED) is 0.389. The molecule has 10 nitrogen and oxygen atoms in total. The number of rotatable bonds is 8. The summed E-state index contributed by atoms with van der Waals surface area (Å²) in [5, 5.41) is 0. The summed E-state index contributed by atoms with van der Waals surface area (Å²) >= 11 is 0. The van der Waals surface area contributed by atoms with E-state index in [4.69, 9.17) is 20.3 Å². The fourth-order valence-electron chi connectivity index (χ4n) is 1.98. The van der Waals surface area contributed by atoms with Crippen molar-refractivity contribution in [2.45, 2.75) is 25.8 Å². The van der Waals surface area contributed by atoms with Gasteiger partial charge in [-0.05, 0) is 19.3 Å². The zero-order chi connectivity index (χ0) is 16.2. The Labute approximate surface area is 125 Å². The van der Waals surface area contributed by atoms with Gasteiger partial charge in [0.2, 0.25) is 5.95 Å². The Kier molecular flexibility index (Phi) is 5.30. The maximum Gasteiger partial charge on any atom is 0.350 e. The molecule has 0 aromatic carbocycles. The summed E-state index contributed by atoms with van der Waals surface area (Å²) in [5.74, 6) is 0.0464. The van der Waals surface area contributed by atoms with E-state index < -0.39 is 13.9 Å². The van der Waals surface area contributed by atoms with Gasteiger partial charge in [-0.3, -0.25) is 14.3 Å². The van der Waals surface area contributed by atoms with Crippen LogP contribution in [-0.4, -0.2) is 42.3 Å². The zero-order valence-corrected chi connectivity index (χ0v) is 12.7. The minimum Gasteiger partial charge on any atom is -0.369 e. The highest BCUT2D eigenvalue weighted by atomic mass is 31.2. The number of aryl methyl sites for hydroxylation is 1. The summed E-state index contributed by atoms with van der Waals surface area (Å²) in [7, 11) is -4.08. The van der Waals surface area contributed by atoms with Gasteiger partial charge in [-0.2, -0.15) is 4.98 Å². The van der Waals surface area contributed by atoms with Crippen LogP contribution in [0, 0.1) is 0 Å². The number of aromatic nitrogens is 4. The van der Waals surface area contributed by atoms with Crippen LogP contribution in [0.4, 0.5) is 5.95 Å². The first-order valence-corrected chi connectivity index (χ1v) is 8.49. The van der Waals surface area contributed by atoms with Gasteiger partial charge in [0.15, 0.2) is 11.2 Å². The molecule has 0 radical (unpaired) electrons. The van der Waals surface area contributed by atoms with Crippen LogP contribution in [-0.2, 0) is 15.8 Å². The topological polar surface area (TPSA) is 156 Å². The van der Waals surface area contributed by atoms with Crippen molar-refractivity contribution in [3.8, 4) is 0 Å². The smallest absolute Gasteiger partial charge is 0.350 e. The molecule has 0 aliphatic rings. The van der Waals surface area contributed by atoms with Gasteiger partial charge in [-0.25, -0.2) is 4.98 Å². The molecule has 0 saturated carbocycles. The lowest BCUT2D eigenvalue weighted by molar-refractivity contribution is 0.152. The van der Waals surface area contributed by atoms with Gasteiger partial charge >= 0.3 is 7.60 Å². The third-order valence-corrected chi connectivity index (χ3v) is 3.46. The summed E-state index contributed by atoms with van der Waals surface area (Å²) in [4.78, 5) is 39.3. The Morgan fingerprint density at radius 1 is 1.36 bits per heavy atom. The van der Waals surface area contributed by atoms with Gasteiger partial charge in [-0.15, -0.1) is 0 Å². The second-order valence-electron chi connectivity index (χ2n) is 4.82. The van der Waals surface area contributed by atoms with Gasteiger partial charge in [0.05, 0.1) is 6.33 Å². The van der Waals surface area contributed by atoms with Crippen molar-refractivity contribution in [1.82, 2.24) is 19.5 Å². The molecule has 2 aromatic heterocycles. The van der Waals surface area contributed by atoms with Gasteiger partial charge in [0.1, 0.15) is 6.35 Å². The van der Waals surface area contributed by atoms with Crippen LogP contribution in [0.15, 0.2) is 11.1 Å². The molecule has 0 aliphatic carbocycles. The number of hydrogen-bond donors (Lipinski definition) is 4. The first-order valence-electron chi connectivity index (χ1n) is 6.70. The predicted octanol–water partition coefficient (Wildman–Crippen LogP) is 0.0239. The first kappa shape index (κ1) is 16.6. The summed E-state index contributed by atoms with van der Waals surface area (Å²) in [6, 6.07) is 0. The fraction of sp³-hybridized carbons (Fsp3) is 0.545. The average molecular weight is 331 g/mol. The molecule has 2 rings (SSSR count). The number of nitrogens with zero attached hydrogens (tertiary/aromatic N) is 3. The third kappa shape index (κ3) is 4.63. The van der Waals surface area contributed by atoms with E-state index in [1.165, 1.54) is 6.33 Å². The molecule has 122 valence electrons. The standard InChI is InChI=1S/C11H18N5O5P/c12-11-14-9-8(10(17)15-11)13-6-16(9)4-2-1-3-5-21-7-22(18,19)20/h6H,1-5,7H2,(H2,18,19,20)(H3,12,14,15,17). The van der Waals surface area contributed by atoms with E-state index in [0.29, 0.717) is 25.2 Å². The lowest BCUT2D eigenvalue weighted by Crippen LogP contribution is -2.12. The van der Waals surface area contributed by atoms with Crippen LogP contribution in [0.3, 0.4) is 0 Å². The summed E-state index contributed by atoms with van der Waals surface area (Å²) in [5.41, 5.74) is 5.83. The molecule has 0 spiro atoms. The van der Waals surface area contributed by atoms with Crippen molar-refractivity contribution in [1.29, 1.82) is 0 Å². The van der Waals surface area contributed by atoms with E-state index >= 15 is 0 Å². The van der Waals surface area contributed by atoms with Gasteiger partial charge < -0.3 is 24.8 Å². The number of nitrogens with two attached hydrogens (primary N) is 1. The molecule has 0 saturated heterocycles. The Hall–Kier alpha value is -1.74. The van der Waals surface area contributed by atoms with Crippen LogP contribution >= 0.6 is 7.60 Å². The maximum atomic E-state index is 11.6. The number of fused-ring (bicyclic) bond motifs is 1. The normalized spacial score (nSPS) is 12.1. The van der Waals surface area contributed by atoms with E-state index in [1.807, 2.05) is 0 Å². The van der Waals surface area contributed by atoms with E-state index in [1.54, 1.807) is 4.57 Å². The summed E-state index contributed by atoms with van der Waals surface area (Å²) < 4.78 is 17.2. The second kappa shape index (κ2) is 7.01. The van der Waals surface area contributed by atoms with Gasteiger partial charge in [0, 0.05) is 13.2 Å². The number of hydrogen-bond acceptors (Lipinski definition) is 6. The van der Waals surface area contributed by atoms with Crippen LogP contribution in [0.2, 0.25) is 0 Å². The third-order valence-electron chi connectivity index (χ3n) is 2.94. The fourth-order valence-corrected chi connectivity index (χ4v) is 2.35. The Morgan fingerprint density at radius 3 is 2.86 bits per heavy atom. The van der Waals surface area contributed by atoms with Crippen molar-refractivity contribution in [2.24, 2.45) is 0 Å². The van der Waals surface area contributed by atoms with Crippen molar-refractivity contribution in [2.75, 3.05) is 18.7 Å². The molecule has 0 unspecified atom stereocenters. The largest absolute Gasteiger partial charge is 0.369 e. The van der Waals surface area contributed by atoms with Crippen LogP contribution in [0.25, 0.3) is 11.2 Å². The van der Waals surface area contributed by atoms with Gasteiger partial charge in [0.25, 0.3) is 5.56 Å². The second-order valence-corrected chi connectivity index (χ2v) is 6.41. The van der Waals surface area contributed by atoms with Crippen molar-refractivity contribution in [3.63, 3.8) is 0 Å². The monoisotopic (exact) mass is 331 g/mol. The lowest BCUT2D eigenvalue weighted by atomic mass is 10.2. The molecule has 11 heteroatoms. The molecule has 0 atom stereocenters. The minimum atomic E-state index is -4.08. The van der Waals surface area contributed by atoms with Crippen molar-refractivity contribution < 1.29 is 19.1 Å². The van der Waals surface area contributed by atoms with E-state index in [-0.39, 0.29) is 17.0 Å². The predicted molar refractivity (Wildman–Crippen MR) is 79.3 cm³/mol.